The highest BCUT2D eigenvalue weighted by Crippen LogP contribution is 2.28. The van der Waals surface area contributed by atoms with Crippen LogP contribution < -0.4 is 11.1 Å². The minimum atomic E-state index is -0.395. The van der Waals surface area contributed by atoms with Gasteiger partial charge in [-0.05, 0) is 34.9 Å². The number of hydrogen-bond donors (Lipinski definition) is 2. The molecule has 4 nitrogen and oxygen atoms in total. The molecule has 2 aromatic rings. The number of urea groups is 1. The fraction of sp³-hybridized carbons (Fsp3) is 0.188. The number of hydrogen-bond acceptors (Lipinski definition) is 2. The Morgan fingerprint density at radius 3 is 2.76 bits per heavy atom. The molecule has 1 atom stereocenters. The predicted octanol–water partition coefficient (Wildman–Crippen LogP) is 2.85. The van der Waals surface area contributed by atoms with E-state index < -0.39 is 6.04 Å². The van der Waals surface area contributed by atoms with E-state index in [0.717, 1.165) is 22.4 Å². The lowest BCUT2D eigenvalue weighted by Crippen LogP contribution is -2.35. The van der Waals surface area contributed by atoms with Crippen molar-refractivity contribution in [2.45, 2.75) is 12.6 Å². The molecule has 1 heterocycles. The van der Waals surface area contributed by atoms with Crippen molar-refractivity contribution in [1.82, 2.24) is 4.90 Å². The molecular weight excluding hydrogens is 269 g/mol. The van der Waals surface area contributed by atoms with Gasteiger partial charge in [0.25, 0.3) is 0 Å². The minimum absolute atomic E-state index is 0.121. The van der Waals surface area contributed by atoms with E-state index in [1.54, 1.807) is 24.1 Å². The molecule has 0 spiro atoms. The Labute approximate surface area is 122 Å². The van der Waals surface area contributed by atoms with Gasteiger partial charge in [0.1, 0.15) is 5.82 Å². The van der Waals surface area contributed by atoms with Gasteiger partial charge in [0.15, 0.2) is 0 Å². The van der Waals surface area contributed by atoms with E-state index in [2.05, 4.69) is 5.32 Å². The molecule has 0 bridgehead atoms. The summed E-state index contributed by atoms with van der Waals surface area (Å²) in [6.07, 6.45) is 0. The molecule has 2 aromatic carbocycles. The number of nitrogens with zero attached hydrogens (tertiary/aromatic N) is 1. The summed E-state index contributed by atoms with van der Waals surface area (Å²) < 4.78 is 13.3. The molecule has 0 aliphatic carbocycles. The van der Waals surface area contributed by atoms with Crippen LogP contribution in [0, 0.1) is 5.82 Å². The molecule has 108 valence electrons. The Hall–Kier alpha value is -2.40. The van der Waals surface area contributed by atoms with Crippen LogP contribution in [0.1, 0.15) is 22.7 Å². The second-order valence-electron chi connectivity index (χ2n) is 5.24. The van der Waals surface area contributed by atoms with Crippen LogP contribution in [0.4, 0.5) is 14.9 Å². The number of nitrogens with two attached hydrogens (primary N) is 1. The third kappa shape index (κ3) is 2.60. The van der Waals surface area contributed by atoms with Crippen molar-refractivity contribution in [3.8, 4) is 0 Å². The van der Waals surface area contributed by atoms with E-state index in [4.69, 9.17) is 5.73 Å². The average Bonchev–Trinajstić information content (AvgIpc) is 2.47. The Bertz CT molecular complexity index is 702. The van der Waals surface area contributed by atoms with Crippen molar-refractivity contribution in [3.63, 3.8) is 0 Å². The Morgan fingerprint density at radius 2 is 2.00 bits per heavy atom. The molecule has 2 amide bonds. The van der Waals surface area contributed by atoms with E-state index >= 15 is 0 Å². The SMILES string of the molecule is CN1Cc2cc(C(N)c3cccc(F)c3)ccc2NC1=O. The van der Waals surface area contributed by atoms with Crippen molar-refractivity contribution in [2.75, 3.05) is 12.4 Å². The average molecular weight is 285 g/mol. The van der Waals surface area contributed by atoms with Gasteiger partial charge in [-0.3, -0.25) is 0 Å². The molecule has 0 fully saturated rings. The number of halogens is 1. The third-order valence-electron chi connectivity index (χ3n) is 3.69. The summed E-state index contributed by atoms with van der Waals surface area (Å²) in [5.74, 6) is -0.298. The van der Waals surface area contributed by atoms with Gasteiger partial charge in [-0.2, -0.15) is 0 Å². The van der Waals surface area contributed by atoms with E-state index in [1.165, 1.54) is 12.1 Å². The third-order valence-corrected chi connectivity index (χ3v) is 3.69. The van der Waals surface area contributed by atoms with Crippen LogP contribution in [0.2, 0.25) is 0 Å². The zero-order valence-corrected chi connectivity index (χ0v) is 11.6. The standard InChI is InChI=1S/C16H16FN3O/c1-20-9-12-7-11(5-6-14(12)19-16(20)21)15(18)10-3-2-4-13(17)8-10/h2-8,15H,9,18H2,1H3,(H,19,21). The first kappa shape index (κ1) is 13.6. The lowest BCUT2D eigenvalue weighted by molar-refractivity contribution is 0.218. The van der Waals surface area contributed by atoms with E-state index in [-0.39, 0.29) is 11.8 Å². The number of amides is 2. The fourth-order valence-electron chi connectivity index (χ4n) is 2.49. The number of carbonyl (C=O) groups excluding carboxylic acids is 1. The van der Waals surface area contributed by atoms with Crippen molar-refractivity contribution >= 4 is 11.7 Å². The first-order chi connectivity index (χ1) is 10.0. The first-order valence-corrected chi connectivity index (χ1v) is 6.70. The second kappa shape index (κ2) is 5.18. The molecule has 3 rings (SSSR count). The number of carbonyl (C=O) groups is 1. The van der Waals surface area contributed by atoms with Gasteiger partial charge in [-0.1, -0.05) is 24.3 Å². The topological polar surface area (TPSA) is 58.4 Å². The number of rotatable bonds is 2. The van der Waals surface area contributed by atoms with Crippen LogP contribution in [-0.4, -0.2) is 18.0 Å². The van der Waals surface area contributed by atoms with Crippen LogP contribution in [0.5, 0.6) is 0 Å². The molecular formula is C16H16FN3O. The zero-order chi connectivity index (χ0) is 15.0. The monoisotopic (exact) mass is 285 g/mol. The molecule has 3 N–H and O–H groups in total. The van der Waals surface area contributed by atoms with Crippen LogP contribution in [0.15, 0.2) is 42.5 Å². The number of fused-ring (bicyclic) bond motifs is 1. The Balaban J connectivity index is 1.93. The highest BCUT2D eigenvalue weighted by Gasteiger charge is 2.20. The lowest BCUT2D eigenvalue weighted by Gasteiger charge is -2.27. The highest BCUT2D eigenvalue weighted by molar-refractivity contribution is 5.92. The summed E-state index contributed by atoms with van der Waals surface area (Å²) in [6.45, 7) is 0.533. The zero-order valence-electron chi connectivity index (χ0n) is 11.6. The number of benzene rings is 2. The van der Waals surface area contributed by atoms with E-state index in [9.17, 15) is 9.18 Å². The summed E-state index contributed by atoms with van der Waals surface area (Å²) in [7, 11) is 1.73. The summed E-state index contributed by atoms with van der Waals surface area (Å²) in [6, 6.07) is 11.4. The summed E-state index contributed by atoms with van der Waals surface area (Å²) in [5.41, 5.74) is 9.63. The fourth-order valence-corrected chi connectivity index (χ4v) is 2.49. The first-order valence-electron chi connectivity index (χ1n) is 6.70. The van der Waals surface area contributed by atoms with Gasteiger partial charge in [0, 0.05) is 19.3 Å². The minimum Gasteiger partial charge on any atom is -0.323 e. The largest absolute Gasteiger partial charge is 0.323 e. The Morgan fingerprint density at radius 1 is 1.24 bits per heavy atom. The van der Waals surface area contributed by atoms with Gasteiger partial charge in [0.05, 0.1) is 6.04 Å². The molecule has 0 saturated carbocycles. The summed E-state index contributed by atoms with van der Waals surface area (Å²) >= 11 is 0. The highest BCUT2D eigenvalue weighted by atomic mass is 19.1. The Kier molecular flexibility index (Phi) is 3.35. The smallest absolute Gasteiger partial charge is 0.321 e. The molecule has 0 aromatic heterocycles. The summed E-state index contributed by atoms with van der Waals surface area (Å²) in [4.78, 5) is 13.2. The maximum atomic E-state index is 13.3. The summed E-state index contributed by atoms with van der Waals surface area (Å²) in [5, 5.41) is 2.81. The van der Waals surface area contributed by atoms with Crippen molar-refractivity contribution in [2.24, 2.45) is 5.73 Å². The normalized spacial score (nSPS) is 15.4. The van der Waals surface area contributed by atoms with E-state index in [0.29, 0.717) is 6.54 Å². The number of anilines is 1. The van der Waals surface area contributed by atoms with Gasteiger partial charge in [-0.25, -0.2) is 9.18 Å². The van der Waals surface area contributed by atoms with Crippen LogP contribution >= 0.6 is 0 Å². The molecule has 1 aliphatic heterocycles. The van der Waals surface area contributed by atoms with Crippen LogP contribution in [0.3, 0.4) is 0 Å². The molecule has 1 unspecified atom stereocenters. The van der Waals surface area contributed by atoms with Crippen molar-refractivity contribution in [1.29, 1.82) is 0 Å². The quantitative estimate of drug-likeness (QED) is 0.891. The maximum absolute atomic E-state index is 13.3. The molecule has 0 saturated heterocycles. The van der Waals surface area contributed by atoms with Gasteiger partial charge < -0.3 is 16.0 Å². The molecule has 5 heteroatoms. The van der Waals surface area contributed by atoms with Crippen LogP contribution in [-0.2, 0) is 6.54 Å². The van der Waals surface area contributed by atoms with Gasteiger partial charge >= 0.3 is 6.03 Å². The molecule has 1 aliphatic rings. The maximum Gasteiger partial charge on any atom is 0.321 e. The van der Waals surface area contributed by atoms with Crippen molar-refractivity contribution < 1.29 is 9.18 Å². The van der Waals surface area contributed by atoms with Crippen LogP contribution in [0.25, 0.3) is 0 Å². The molecule has 21 heavy (non-hydrogen) atoms. The number of nitrogens with one attached hydrogen (secondary N) is 1. The lowest BCUT2D eigenvalue weighted by atomic mass is 9.96. The second-order valence-corrected chi connectivity index (χ2v) is 5.24. The molecule has 0 radical (unpaired) electrons. The van der Waals surface area contributed by atoms with Gasteiger partial charge in [0.2, 0.25) is 0 Å². The van der Waals surface area contributed by atoms with Crippen molar-refractivity contribution in [3.05, 3.63) is 65.0 Å². The van der Waals surface area contributed by atoms with E-state index in [1.807, 2.05) is 18.2 Å². The predicted molar refractivity (Wildman–Crippen MR) is 79.4 cm³/mol. The van der Waals surface area contributed by atoms with Gasteiger partial charge in [-0.15, -0.1) is 0 Å².